The number of pyridine rings is 1. The van der Waals surface area contributed by atoms with E-state index in [-0.39, 0.29) is 12.5 Å². The minimum absolute atomic E-state index is 0.239. The first-order valence-corrected chi connectivity index (χ1v) is 6.49. The average Bonchev–Trinajstić information content (AvgIpc) is 2.90. The van der Waals surface area contributed by atoms with E-state index >= 15 is 0 Å². The van der Waals surface area contributed by atoms with Crippen LogP contribution in [0.5, 0.6) is 0 Å². The van der Waals surface area contributed by atoms with E-state index in [1.165, 1.54) is 13.3 Å². The SMILES string of the molecule is COC(=O)c1ccc(CNC(=O)c2snnc2C)nc1. The number of aryl methyl sites for hydroxylation is 1. The van der Waals surface area contributed by atoms with Gasteiger partial charge in [0.1, 0.15) is 4.88 Å². The molecule has 8 heteroatoms. The second kappa shape index (κ2) is 6.20. The predicted molar refractivity (Wildman–Crippen MR) is 71.4 cm³/mol. The molecule has 0 fully saturated rings. The van der Waals surface area contributed by atoms with Crippen molar-refractivity contribution in [1.82, 2.24) is 19.9 Å². The molecule has 0 bridgehead atoms. The lowest BCUT2D eigenvalue weighted by Crippen LogP contribution is -2.23. The topological polar surface area (TPSA) is 94.1 Å². The van der Waals surface area contributed by atoms with Gasteiger partial charge in [-0.2, -0.15) is 0 Å². The lowest BCUT2D eigenvalue weighted by Gasteiger charge is -2.04. The summed E-state index contributed by atoms with van der Waals surface area (Å²) in [7, 11) is 1.31. The highest BCUT2D eigenvalue weighted by atomic mass is 32.1. The zero-order chi connectivity index (χ0) is 14.5. The molecule has 2 aromatic rings. The summed E-state index contributed by atoms with van der Waals surface area (Å²) in [4.78, 5) is 27.6. The number of esters is 1. The first kappa shape index (κ1) is 14.1. The van der Waals surface area contributed by atoms with Crippen LogP contribution in [0.15, 0.2) is 18.3 Å². The van der Waals surface area contributed by atoms with Gasteiger partial charge >= 0.3 is 5.97 Å². The number of carbonyl (C=O) groups excluding carboxylic acids is 2. The predicted octanol–water partition coefficient (Wildman–Crippen LogP) is 0.958. The summed E-state index contributed by atoms with van der Waals surface area (Å²) < 4.78 is 8.28. The van der Waals surface area contributed by atoms with E-state index in [4.69, 9.17) is 0 Å². The van der Waals surface area contributed by atoms with Gasteiger partial charge in [-0.25, -0.2) is 4.79 Å². The van der Waals surface area contributed by atoms with E-state index in [0.29, 0.717) is 21.8 Å². The number of aromatic nitrogens is 3. The smallest absolute Gasteiger partial charge is 0.339 e. The van der Waals surface area contributed by atoms with Gasteiger partial charge in [0, 0.05) is 6.20 Å². The van der Waals surface area contributed by atoms with Crippen LogP contribution in [-0.4, -0.2) is 33.6 Å². The molecule has 0 unspecified atom stereocenters. The summed E-state index contributed by atoms with van der Waals surface area (Å²) in [6.45, 7) is 1.99. The number of rotatable bonds is 4. The molecule has 2 heterocycles. The molecule has 0 radical (unpaired) electrons. The van der Waals surface area contributed by atoms with Crippen LogP contribution >= 0.6 is 11.5 Å². The van der Waals surface area contributed by atoms with Crippen molar-refractivity contribution < 1.29 is 14.3 Å². The first-order valence-electron chi connectivity index (χ1n) is 5.72. The number of carbonyl (C=O) groups is 2. The zero-order valence-electron chi connectivity index (χ0n) is 10.9. The van der Waals surface area contributed by atoms with Gasteiger partial charge in [0.25, 0.3) is 5.91 Å². The number of amides is 1. The van der Waals surface area contributed by atoms with Crippen molar-refractivity contribution in [2.24, 2.45) is 0 Å². The average molecular weight is 292 g/mol. The summed E-state index contributed by atoms with van der Waals surface area (Å²) in [5.41, 5.74) is 1.60. The van der Waals surface area contributed by atoms with Gasteiger partial charge in [0.2, 0.25) is 0 Å². The van der Waals surface area contributed by atoms with Gasteiger partial charge < -0.3 is 10.1 Å². The van der Waals surface area contributed by atoms with Crippen LogP contribution in [0.3, 0.4) is 0 Å². The molecule has 20 heavy (non-hydrogen) atoms. The van der Waals surface area contributed by atoms with Gasteiger partial charge in [-0.3, -0.25) is 9.78 Å². The molecular formula is C12H12N4O3S. The summed E-state index contributed by atoms with van der Waals surface area (Å²) in [5.74, 6) is -0.684. The van der Waals surface area contributed by atoms with E-state index in [1.807, 2.05) is 0 Å². The van der Waals surface area contributed by atoms with E-state index in [1.54, 1.807) is 19.1 Å². The summed E-state index contributed by atoms with van der Waals surface area (Å²) in [6, 6.07) is 3.25. The number of hydrogen-bond donors (Lipinski definition) is 1. The molecule has 0 aromatic carbocycles. The summed E-state index contributed by atoms with van der Waals surface area (Å²) in [5, 5.41) is 6.49. The summed E-state index contributed by atoms with van der Waals surface area (Å²) >= 11 is 1.05. The third-order valence-electron chi connectivity index (χ3n) is 2.53. The van der Waals surface area contributed by atoms with Crippen molar-refractivity contribution in [1.29, 1.82) is 0 Å². The lowest BCUT2D eigenvalue weighted by molar-refractivity contribution is 0.0600. The van der Waals surface area contributed by atoms with Gasteiger partial charge in [-0.1, -0.05) is 4.49 Å². The number of nitrogens with zero attached hydrogens (tertiary/aromatic N) is 3. The van der Waals surface area contributed by atoms with E-state index in [9.17, 15) is 9.59 Å². The molecule has 7 nitrogen and oxygen atoms in total. The first-order chi connectivity index (χ1) is 9.61. The Morgan fingerprint density at radius 2 is 2.20 bits per heavy atom. The van der Waals surface area contributed by atoms with E-state index < -0.39 is 5.97 Å². The highest BCUT2D eigenvalue weighted by molar-refractivity contribution is 7.07. The minimum Gasteiger partial charge on any atom is -0.465 e. The van der Waals surface area contributed by atoms with Crippen molar-refractivity contribution in [2.75, 3.05) is 7.11 Å². The van der Waals surface area contributed by atoms with Crippen LogP contribution in [0.2, 0.25) is 0 Å². The van der Waals surface area contributed by atoms with Crippen LogP contribution in [0.4, 0.5) is 0 Å². The van der Waals surface area contributed by atoms with Crippen LogP contribution in [0.1, 0.15) is 31.4 Å². The molecule has 0 aliphatic carbocycles. The number of methoxy groups -OCH3 is 1. The van der Waals surface area contributed by atoms with Crippen molar-refractivity contribution in [3.8, 4) is 0 Å². The quantitative estimate of drug-likeness (QED) is 0.843. The molecule has 104 valence electrons. The molecular weight excluding hydrogens is 280 g/mol. The van der Waals surface area contributed by atoms with Crippen molar-refractivity contribution in [2.45, 2.75) is 13.5 Å². The van der Waals surface area contributed by atoms with Gasteiger partial charge in [-0.05, 0) is 30.6 Å². The van der Waals surface area contributed by atoms with Crippen molar-refractivity contribution in [3.63, 3.8) is 0 Å². The third kappa shape index (κ3) is 3.15. The minimum atomic E-state index is -0.445. The number of hydrogen-bond acceptors (Lipinski definition) is 7. The maximum absolute atomic E-state index is 11.8. The Labute approximate surface area is 119 Å². The molecule has 0 aliphatic rings. The highest BCUT2D eigenvalue weighted by Gasteiger charge is 2.13. The Morgan fingerprint density at radius 3 is 2.75 bits per heavy atom. The van der Waals surface area contributed by atoms with Crippen LogP contribution < -0.4 is 5.32 Å². The maximum atomic E-state index is 11.8. The van der Waals surface area contributed by atoms with E-state index in [0.717, 1.165) is 11.5 Å². The monoisotopic (exact) mass is 292 g/mol. The Kier molecular flexibility index (Phi) is 4.36. The second-order valence-electron chi connectivity index (χ2n) is 3.90. The van der Waals surface area contributed by atoms with Crippen LogP contribution in [0, 0.1) is 6.92 Å². The molecule has 0 aliphatic heterocycles. The fraction of sp³-hybridized carbons (Fsp3) is 0.250. The Balaban J connectivity index is 1.96. The van der Waals surface area contributed by atoms with Crippen molar-refractivity contribution >= 4 is 23.4 Å². The van der Waals surface area contributed by atoms with Crippen LogP contribution in [0.25, 0.3) is 0 Å². The third-order valence-corrected chi connectivity index (χ3v) is 3.36. The normalized spacial score (nSPS) is 10.1. The fourth-order valence-corrected chi connectivity index (χ4v) is 2.03. The van der Waals surface area contributed by atoms with Gasteiger partial charge in [0.05, 0.1) is 30.6 Å². The molecule has 0 atom stereocenters. The molecule has 0 saturated carbocycles. The zero-order valence-corrected chi connectivity index (χ0v) is 11.7. The maximum Gasteiger partial charge on any atom is 0.339 e. The van der Waals surface area contributed by atoms with Gasteiger partial charge in [-0.15, -0.1) is 5.10 Å². The molecule has 2 rings (SSSR count). The van der Waals surface area contributed by atoms with Crippen molar-refractivity contribution in [3.05, 3.63) is 40.2 Å². The Morgan fingerprint density at radius 1 is 1.40 bits per heavy atom. The largest absolute Gasteiger partial charge is 0.465 e. The lowest BCUT2D eigenvalue weighted by atomic mass is 10.2. The molecule has 1 amide bonds. The molecule has 1 N–H and O–H groups in total. The highest BCUT2D eigenvalue weighted by Crippen LogP contribution is 2.09. The van der Waals surface area contributed by atoms with Gasteiger partial charge in [0.15, 0.2) is 0 Å². The van der Waals surface area contributed by atoms with E-state index in [2.05, 4.69) is 24.6 Å². The number of ether oxygens (including phenoxy) is 1. The molecule has 2 aromatic heterocycles. The second-order valence-corrected chi connectivity index (χ2v) is 4.65. The van der Waals surface area contributed by atoms with Crippen LogP contribution in [-0.2, 0) is 11.3 Å². The molecule has 0 spiro atoms. The molecule has 0 saturated heterocycles. The fourth-order valence-electron chi connectivity index (χ4n) is 1.46. The Bertz CT molecular complexity index is 624. The standard InChI is InChI=1S/C12H12N4O3S/c1-7-10(20-16-15-7)11(17)14-6-9-4-3-8(5-13-9)12(18)19-2/h3-5H,6H2,1-2H3,(H,14,17). The summed E-state index contributed by atoms with van der Waals surface area (Å²) in [6.07, 6.45) is 1.41. The Hall–Kier alpha value is -2.35. The number of nitrogens with one attached hydrogen (secondary N) is 1.